The lowest BCUT2D eigenvalue weighted by Gasteiger charge is -2.12. The third-order valence-corrected chi connectivity index (χ3v) is 3.27. The highest BCUT2D eigenvalue weighted by Gasteiger charge is 2.27. The van der Waals surface area contributed by atoms with Gasteiger partial charge in [0.15, 0.2) is 11.5 Å². The van der Waals surface area contributed by atoms with Crippen LogP contribution in [0.25, 0.3) is 0 Å². The minimum atomic E-state index is -4.24. The predicted molar refractivity (Wildman–Crippen MR) is 69.3 cm³/mol. The van der Waals surface area contributed by atoms with Crippen molar-refractivity contribution >= 4 is 11.8 Å². The van der Waals surface area contributed by atoms with Gasteiger partial charge in [-0.15, -0.1) is 0 Å². The number of hydrogen-bond donors (Lipinski definition) is 1. The Morgan fingerprint density at radius 2 is 1.95 bits per heavy atom. The zero-order valence-electron chi connectivity index (χ0n) is 10.5. The fourth-order valence-electron chi connectivity index (χ4n) is 1.76. The molecular weight excluding hydrogens is 295 g/mol. The largest absolute Gasteiger partial charge is 0.492 e. The van der Waals surface area contributed by atoms with Gasteiger partial charge in [-0.3, -0.25) is 0 Å². The smallest absolute Gasteiger partial charge is 0.441 e. The first-order valence-electron chi connectivity index (χ1n) is 5.95. The molecular formula is C12H14F3NO3S. The summed E-state index contributed by atoms with van der Waals surface area (Å²) >= 11 is -0.108. The fourth-order valence-corrected chi connectivity index (χ4v) is 2.16. The molecule has 1 aliphatic heterocycles. The Morgan fingerprint density at radius 1 is 1.25 bits per heavy atom. The third-order valence-electron chi connectivity index (χ3n) is 2.58. The number of benzene rings is 1. The Balaban J connectivity index is 1.99. The minimum absolute atomic E-state index is 0.0403. The molecule has 0 saturated heterocycles. The van der Waals surface area contributed by atoms with Gasteiger partial charge in [0.2, 0.25) is 6.79 Å². The summed E-state index contributed by atoms with van der Waals surface area (Å²) in [6.07, 6.45) is 0.554. The van der Waals surface area contributed by atoms with Gasteiger partial charge in [0.05, 0.1) is 6.61 Å². The third kappa shape index (κ3) is 4.11. The first-order chi connectivity index (χ1) is 9.49. The lowest BCUT2D eigenvalue weighted by atomic mass is 10.1. The van der Waals surface area contributed by atoms with Gasteiger partial charge in [0.1, 0.15) is 5.75 Å². The summed E-state index contributed by atoms with van der Waals surface area (Å²) < 4.78 is 51.9. The van der Waals surface area contributed by atoms with Crippen LogP contribution in [0.15, 0.2) is 12.1 Å². The lowest BCUT2D eigenvalue weighted by molar-refractivity contribution is -0.0329. The molecule has 1 aromatic rings. The van der Waals surface area contributed by atoms with E-state index in [2.05, 4.69) is 0 Å². The van der Waals surface area contributed by atoms with Crippen molar-refractivity contribution in [2.45, 2.75) is 11.9 Å². The molecule has 1 aromatic carbocycles. The Bertz CT molecular complexity index is 468. The van der Waals surface area contributed by atoms with Crippen molar-refractivity contribution in [3.05, 3.63) is 17.7 Å². The van der Waals surface area contributed by atoms with Crippen LogP contribution >= 0.6 is 11.8 Å². The van der Waals surface area contributed by atoms with Crippen LogP contribution in [0.3, 0.4) is 0 Å². The topological polar surface area (TPSA) is 53.7 Å². The highest BCUT2D eigenvalue weighted by Crippen LogP contribution is 2.38. The van der Waals surface area contributed by atoms with Crippen LogP contribution < -0.4 is 19.9 Å². The molecule has 0 unspecified atom stereocenters. The van der Waals surface area contributed by atoms with Crippen LogP contribution in [0.5, 0.6) is 17.2 Å². The molecule has 20 heavy (non-hydrogen) atoms. The first-order valence-corrected chi connectivity index (χ1v) is 6.94. The molecule has 0 radical (unpaired) electrons. The second kappa shape index (κ2) is 6.45. The molecule has 1 heterocycles. The minimum Gasteiger partial charge on any atom is -0.492 e. The van der Waals surface area contributed by atoms with E-state index in [0.29, 0.717) is 30.2 Å². The molecule has 0 bridgehead atoms. The Morgan fingerprint density at radius 3 is 2.60 bits per heavy atom. The quantitative estimate of drug-likeness (QED) is 0.819. The van der Waals surface area contributed by atoms with Crippen LogP contribution in [-0.4, -0.2) is 31.2 Å². The summed E-state index contributed by atoms with van der Waals surface area (Å²) in [5, 5.41) is 0. The number of hydrogen-bond acceptors (Lipinski definition) is 5. The van der Waals surface area contributed by atoms with E-state index in [1.807, 2.05) is 0 Å². The fraction of sp³-hybridized carbons (Fsp3) is 0.500. The molecule has 1 aliphatic rings. The maximum Gasteiger partial charge on any atom is 0.441 e. The Kier molecular flexibility index (Phi) is 4.87. The predicted octanol–water partition coefficient (Wildman–Crippen LogP) is 2.55. The maximum atomic E-state index is 12.0. The van der Waals surface area contributed by atoms with E-state index >= 15 is 0 Å². The van der Waals surface area contributed by atoms with Gasteiger partial charge in [0, 0.05) is 11.8 Å². The number of ether oxygens (including phenoxy) is 3. The molecule has 112 valence electrons. The normalized spacial score (nSPS) is 13.6. The highest BCUT2D eigenvalue weighted by atomic mass is 32.2. The number of thioether (sulfide) groups is 1. The van der Waals surface area contributed by atoms with Gasteiger partial charge in [-0.25, -0.2) is 0 Å². The standard InChI is InChI=1S/C12H14F3NO3S/c13-12(14,15)20-4-3-17-9-6-11-10(18-7-19-11)5-8(9)1-2-16/h5-6H,1-4,7,16H2. The molecule has 4 nitrogen and oxygen atoms in total. The Hall–Kier alpha value is -1.28. The molecule has 0 atom stereocenters. The zero-order chi connectivity index (χ0) is 14.6. The monoisotopic (exact) mass is 309 g/mol. The van der Waals surface area contributed by atoms with Gasteiger partial charge in [0.25, 0.3) is 0 Å². The van der Waals surface area contributed by atoms with Gasteiger partial charge < -0.3 is 19.9 Å². The van der Waals surface area contributed by atoms with Crippen LogP contribution in [0, 0.1) is 0 Å². The van der Waals surface area contributed by atoms with E-state index in [-0.39, 0.29) is 30.9 Å². The van der Waals surface area contributed by atoms with Crippen LogP contribution in [0.2, 0.25) is 0 Å². The van der Waals surface area contributed by atoms with Crippen LogP contribution in [-0.2, 0) is 6.42 Å². The van der Waals surface area contributed by atoms with Crippen molar-refractivity contribution < 1.29 is 27.4 Å². The summed E-state index contributed by atoms with van der Waals surface area (Å²) in [4.78, 5) is 0. The summed E-state index contributed by atoms with van der Waals surface area (Å²) in [7, 11) is 0. The van der Waals surface area contributed by atoms with Crippen molar-refractivity contribution in [3.63, 3.8) is 0 Å². The number of rotatable bonds is 6. The SMILES string of the molecule is NCCc1cc2c(cc1OCCSC(F)(F)F)OCO2. The van der Waals surface area contributed by atoms with Crippen molar-refractivity contribution in [1.29, 1.82) is 0 Å². The maximum absolute atomic E-state index is 12.0. The number of nitrogens with two attached hydrogens (primary N) is 1. The van der Waals surface area contributed by atoms with E-state index in [1.165, 1.54) is 0 Å². The molecule has 0 fully saturated rings. The summed E-state index contributed by atoms with van der Waals surface area (Å²) in [6.45, 7) is 0.499. The average Bonchev–Trinajstić information content (AvgIpc) is 2.81. The van der Waals surface area contributed by atoms with Gasteiger partial charge in [-0.05, 0) is 36.4 Å². The summed E-state index contributed by atoms with van der Waals surface area (Å²) in [5.74, 6) is 1.46. The molecule has 0 spiro atoms. The second-order valence-corrected chi connectivity index (χ2v) is 5.15. The van der Waals surface area contributed by atoms with Crippen molar-refractivity contribution in [3.8, 4) is 17.2 Å². The molecule has 0 aliphatic carbocycles. The molecule has 0 amide bonds. The van der Waals surface area contributed by atoms with Gasteiger partial charge in [-0.1, -0.05) is 0 Å². The number of halogens is 3. The number of fused-ring (bicyclic) bond motifs is 1. The molecule has 0 aromatic heterocycles. The van der Waals surface area contributed by atoms with E-state index < -0.39 is 5.51 Å². The van der Waals surface area contributed by atoms with Crippen molar-refractivity contribution in [1.82, 2.24) is 0 Å². The molecule has 2 rings (SSSR count). The zero-order valence-corrected chi connectivity index (χ0v) is 11.4. The van der Waals surface area contributed by atoms with E-state index in [1.54, 1.807) is 12.1 Å². The van der Waals surface area contributed by atoms with Gasteiger partial charge >= 0.3 is 5.51 Å². The van der Waals surface area contributed by atoms with Gasteiger partial charge in [-0.2, -0.15) is 13.2 Å². The first kappa shape index (κ1) is 15.1. The van der Waals surface area contributed by atoms with Crippen molar-refractivity contribution in [2.75, 3.05) is 25.7 Å². The van der Waals surface area contributed by atoms with Crippen molar-refractivity contribution in [2.24, 2.45) is 5.73 Å². The van der Waals surface area contributed by atoms with Crippen LogP contribution in [0.4, 0.5) is 13.2 Å². The van der Waals surface area contributed by atoms with E-state index in [0.717, 1.165) is 5.56 Å². The summed E-state index contributed by atoms with van der Waals surface area (Å²) in [6, 6.07) is 3.38. The Labute approximate surface area is 118 Å². The average molecular weight is 309 g/mol. The molecule has 2 N–H and O–H groups in total. The van der Waals surface area contributed by atoms with E-state index in [9.17, 15) is 13.2 Å². The van der Waals surface area contributed by atoms with Crippen LogP contribution in [0.1, 0.15) is 5.56 Å². The summed E-state index contributed by atoms with van der Waals surface area (Å²) in [5.41, 5.74) is 2.07. The lowest BCUT2D eigenvalue weighted by Crippen LogP contribution is -2.09. The molecule has 8 heteroatoms. The highest BCUT2D eigenvalue weighted by molar-refractivity contribution is 8.00. The molecule has 0 saturated carbocycles. The van der Waals surface area contributed by atoms with E-state index in [4.69, 9.17) is 19.9 Å². The second-order valence-electron chi connectivity index (χ2n) is 3.99. The number of alkyl halides is 3.